The maximum Gasteiger partial charge on any atom is 0.305 e. The first-order chi connectivity index (χ1) is 18.8. The van der Waals surface area contributed by atoms with Gasteiger partial charge in [0.15, 0.2) is 0 Å². The molecule has 0 aromatic heterocycles. The second-order valence-electron chi connectivity index (χ2n) is 9.09. The molecule has 0 amide bonds. The number of rotatable bonds is 33. The summed E-state index contributed by atoms with van der Waals surface area (Å²) >= 11 is 0. The number of unbranched alkanes of at least 4 members (excludes halogenated alkanes) is 8. The molecule has 0 aliphatic carbocycles. The molecule has 0 aromatic carbocycles. The molecular weight excluding hydrogens is 492 g/mol. The van der Waals surface area contributed by atoms with Crippen LogP contribution in [0.25, 0.3) is 0 Å². The highest BCUT2D eigenvalue weighted by Crippen LogP contribution is 2.07. The van der Waals surface area contributed by atoms with Gasteiger partial charge in [0.05, 0.1) is 85.9 Å². The van der Waals surface area contributed by atoms with Crippen molar-refractivity contribution in [2.45, 2.75) is 84.5 Å². The minimum Gasteiger partial charge on any atom is -0.463 e. The molecule has 9 heteroatoms. The van der Waals surface area contributed by atoms with Crippen LogP contribution in [-0.2, 0) is 42.7 Å². The number of hydrogen-bond acceptors (Lipinski definition) is 9. The largest absolute Gasteiger partial charge is 0.463 e. The van der Waals surface area contributed by atoms with Crippen LogP contribution in [0.15, 0.2) is 0 Å². The summed E-state index contributed by atoms with van der Waals surface area (Å²) in [6, 6.07) is 0. The van der Waals surface area contributed by atoms with Gasteiger partial charge in [-0.1, -0.05) is 65.2 Å². The molecule has 0 atom stereocenters. The Morgan fingerprint density at radius 3 is 1.11 bits per heavy atom. The third-order valence-electron chi connectivity index (χ3n) is 5.60. The van der Waals surface area contributed by atoms with Crippen LogP contribution in [0, 0.1) is 0 Å². The van der Waals surface area contributed by atoms with E-state index in [0.717, 1.165) is 25.9 Å². The Morgan fingerprint density at radius 2 is 0.684 bits per heavy atom. The summed E-state index contributed by atoms with van der Waals surface area (Å²) in [7, 11) is 0. The molecular formula is C29H58O9. The molecule has 0 unspecified atom stereocenters. The first-order valence-corrected chi connectivity index (χ1v) is 15.0. The maximum atomic E-state index is 11.6. The van der Waals surface area contributed by atoms with Gasteiger partial charge < -0.3 is 37.9 Å². The van der Waals surface area contributed by atoms with Gasteiger partial charge in [-0.3, -0.25) is 4.79 Å². The molecule has 0 aliphatic rings. The monoisotopic (exact) mass is 550 g/mol. The van der Waals surface area contributed by atoms with E-state index in [4.69, 9.17) is 37.9 Å². The zero-order valence-corrected chi connectivity index (χ0v) is 24.6. The van der Waals surface area contributed by atoms with Gasteiger partial charge in [-0.25, -0.2) is 0 Å². The maximum absolute atomic E-state index is 11.6. The first-order valence-electron chi connectivity index (χ1n) is 15.0. The van der Waals surface area contributed by atoms with E-state index in [1.54, 1.807) is 0 Å². The fraction of sp³-hybridized carbons (Fsp3) is 0.966. The summed E-state index contributed by atoms with van der Waals surface area (Å²) in [6.07, 6.45) is 12.4. The lowest BCUT2D eigenvalue weighted by Crippen LogP contribution is -2.15. The zero-order valence-electron chi connectivity index (χ0n) is 24.6. The number of carbonyl (C=O) groups excluding carboxylic acids is 1. The topological polar surface area (TPSA) is 90.9 Å². The summed E-state index contributed by atoms with van der Waals surface area (Å²) in [5.41, 5.74) is 0. The molecule has 0 fully saturated rings. The van der Waals surface area contributed by atoms with Crippen LogP contribution >= 0.6 is 0 Å². The van der Waals surface area contributed by atoms with E-state index in [2.05, 4.69) is 13.8 Å². The van der Waals surface area contributed by atoms with Crippen LogP contribution < -0.4 is 0 Å². The Kier molecular flexibility index (Phi) is 33.5. The molecule has 0 radical (unpaired) electrons. The Labute approximate surface area is 232 Å². The van der Waals surface area contributed by atoms with Crippen molar-refractivity contribution in [1.29, 1.82) is 0 Å². The van der Waals surface area contributed by atoms with Gasteiger partial charge in [-0.05, 0) is 12.8 Å². The molecule has 228 valence electrons. The predicted molar refractivity (Wildman–Crippen MR) is 149 cm³/mol. The lowest BCUT2D eigenvalue weighted by atomic mass is 10.1. The fourth-order valence-corrected chi connectivity index (χ4v) is 3.39. The van der Waals surface area contributed by atoms with E-state index in [-0.39, 0.29) is 5.97 Å². The lowest BCUT2D eigenvalue weighted by molar-refractivity contribution is -0.145. The van der Waals surface area contributed by atoms with Crippen molar-refractivity contribution in [2.75, 3.05) is 99.1 Å². The molecule has 0 rings (SSSR count). The van der Waals surface area contributed by atoms with Crippen molar-refractivity contribution in [3.8, 4) is 0 Å². The predicted octanol–water partition coefficient (Wildman–Crippen LogP) is 4.98. The van der Waals surface area contributed by atoms with Crippen molar-refractivity contribution < 1.29 is 42.7 Å². The molecule has 0 bridgehead atoms. The minimum absolute atomic E-state index is 0.135. The van der Waals surface area contributed by atoms with Gasteiger partial charge in [0, 0.05) is 13.0 Å². The fourth-order valence-electron chi connectivity index (χ4n) is 3.39. The Morgan fingerprint density at radius 1 is 0.368 bits per heavy atom. The van der Waals surface area contributed by atoms with E-state index in [9.17, 15) is 4.79 Å². The van der Waals surface area contributed by atoms with Crippen molar-refractivity contribution in [2.24, 2.45) is 0 Å². The van der Waals surface area contributed by atoms with Crippen LogP contribution in [0.4, 0.5) is 0 Å². The second kappa shape index (κ2) is 34.2. The Hall–Kier alpha value is -0.810. The normalized spacial score (nSPS) is 11.3. The van der Waals surface area contributed by atoms with E-state index in [0.29, 0.717) is 98.9 Å². The number of esters is 1. The average molecular weight is 551 g/mol. The average Bonchev–Trinajstić information content (AvgIpc) is 2.92. The molecule has 38 heavy (non-hydrogen) atoms. The van der Waals surface area contributed by atoms with Crippen molar-refractivity contribution in [3.05, 3.63) is 0 Å². The van der Waals surface area contributed by atoms with Gasteiger partial charge >= 0.3 is 5.97 Å². The second-order valence-corrected chi connectivity index (χ2v) is 9.09. The van der Waals surface area contributed by atoms with Crippen LogP contribution in [0.2, 0.25) is 0 Å². The minimum atomic E-state index is -0.135. The molecule has 0 saturated carbocycles. The van der Waals surface area contributed by atoms with Crippen LogP contribution in [0.5, 0.6) is 0 Å². The van der Waals surface area contributed by atoms with Gasteiger partial charge in [0.25, 0.3) is 0 Å². The highest BCUT2D eigenvalue weighted by atomic mass is 16.6. The Balaban J connectivity index is 3.09. The number of hydrogen-bond donors (Lipinski definition) is 0. The molecule has 9 nitrogen and oxygen atoms in total. The molecule has 0 saturated heterocycles. The van der Waals surface area contributed by atoms with E-state index < -0.39 is 0 Å². The third-order valence-corrected chi connectivity index (χ3v) is 5.60. The molecule has 0 N–H and O–H groups in total. The highest BCUT2D eigenvalue weighted by Gasteiger charge is 2.02. The van der Waals surface area contributed by atoms with Gasteiger partial charge in [0.1, 0.15) is 6.61 Å². The molecule has 0 aromatic rings. The van der Waals surface area contributed by atoms with Crippen LogP contribution in [0.1, 0.15) is 84.5 Å². The smallest absolute Gasteiger partial charge is 0.305 e. The van der Waals surface area contributed by atoms with Gasteiger partial charge in [-0.2, -0.15) is 0 Å². The van der Waals surface area contributed by atoms with Crippen molar-refractivity contribution in [3.63, 3.8) is 0 Å². The standard InChI is InChI=1S/C29H58O9/c1-3-5-7-9-10-11-13-29(30)38-28-27-37-26-25-36-24-23-35-22-21-34-20-19-33-18-17-32-16-15-31-14-12-8-6-4-2/h3-28H2,1-2H3. The van der Waals surface area contributed by atoms with Gasteiger partial charge in [-0.15, -0.1) is 0 Å². The van der Waals surface area contributed by atoms with E-state index in [1.807, 2.05) is 0 Å². The van der Waals surface area contributed by atoms with E-state index >= 15 is 0 Å². The Bertz CT molecular complexity index is 452. The number of carbonyl (C=O) groups is 1. The first kappa shape index (κ1) is 37.2. The summed E-state index contributed by atoms with van der Waals surface area (Å²) in [4.78, 5) is 11.6. The third kappa shape index (κ3) is 33.2. The summed E-state index contributed by atoms with van der Waals surface area (Å²) in [5, 5.41) is 0. The van der Waals surface area contributed by atoms with Crippen LogP contribution in [0.3, 0.4) is 0 Å². The summed E-state index contributed by atoms with van der Waals surface area (Å²) < 4.78 is 43.4. The summed E-state index contributed by atoms with van der Waals surface area (Å²) in [5.74, 6) is -0.135. The van der Waals surface area contributed by atoms with Gasteiger partial charge in [0.2, 0.25) is 0 Å². The van der Waals surface area contributed by atoms with E-state index in [1.165, 1.54) is 44.9 Å². The van der Waals surface area contributed by atoms with Crippen LogP contribution in [-0.4, -0.2) is 105 Å². The molecule has 0 aliphatic heterocycles. The lowest BCUT2D eigenvalue weighted by Gasteiger charge is -2.09. The number of ether oxygens (including phenoxy) is 8. The quantitative estimate of drug-likeness (QED) is 0.0829. The molecule has 0 spiro atoms. The van der Waals surface area contributed by atoms with Crippen molar-refractivity contribution >= 4 is 5.97 Å². The van der Waals surface area contributed by atoms with Crippen molar-refractivity contribution in [1.82, 2.24) is 0 Å². The SMILES string of the molecule is CCCCCCCCC(=O)OCCOCCOCCOCCOCCOCCOCCOCCCCCC. The zero-order chi connectivity index (χ0) is 27.6. The highest BCUT2D eigenvalue weighted by molar-refractivity contribution is 5.69. The summed E-state index contributed by atoms with van der Waals surface area (Å²) in [6.45, 7) is 12.4. The molecule has 0 heterocycles.